The van der Waals surface area contributed by atoms with Gasteiger partial charge in [-0.05, 0) is 56.0 Å². The van der Waals surface area contributed by atoms with E-state index in [-0.39, 0.29) is 18.4 Å². The summed E-state index contributed by atoms with van der Waals surface area (Å²) in [5.74, 6) is -0.484. The van der Waals surface area contributed by atoms with E-state index in [1.54, 1.807) is 13.0 Å². The third-order valence-corrected chi connectivity index (χ3v) is 7.01. The third kappa shape index (κ3) is 7.84. The van der Waals surface area contributed by atoms with Crippen molar-refractivity contribution in [2.75, 3.05) is 23.7 Å². The van der Waals surface area contributed by atoms with Gasteiger partial charge in [-0.2, -0.15) is 0 Å². The van der Waals surface area contributed by atoms with Crippen molar-refractivity contribution in [3.8, 4) is 0 Å². The molecular formula is C25H34BrN3O4S. The van der Waals surface area contributed by atoms with Crippen LogP contribution in [0.2, 0.25) is 0 Å². The Morgan fingerprint density at radius 2 is 1.74 bits per heavy atom. The Morgan fingerprint density at radius 3 is 2.29 bits per heavy atom. The summed E-state index contributed by atoms with van der Waals surface area (Å²) in [6.45, 7) is 9.62. The smallest absolute Gasteiger partial charge is 0.244 e. The second-order valence-electron chi connectivity index (χ2n) is 9.03. The van der Waals surface area contributed by atoms with E-state index in [1.807, 2.05) is 64.1 Å². The molecule has 0 saturated heterocycles. The largest absolute Gasteiger partial charge is 0.354 e. The standard InChI is InChI=1S/C25H34BrN3O4S/c1-17(2)14-27-25(31)20(5)28(15-21-8-7-9-22(26)13-21)24(30)16-29(34(6,32)33)23-11-10-18(3)12-19(23)4/h7-13,17,20H,14-16H2,1-6H3,(H,27,31). The molecule has 0 aliphatic rings. The molecule has 1 N–H and O–H groups in total. The fraction of sp³-hybridized carbons (Fsp3) is 0.440. The summed E-state index contributed by atoms with van der Waals surface area (Å²) in [6.07, 6.45) is 1.08. The van der Waals surface area contributed by atoms with Crippen molar-refractivity contribution < 1.29 is 18.0 Å². The van der Waals surface area contributed by atoms with Crippen LogP contribution in [0.3, 0.4) is 0 Å². The highest BCUT2D eigenvalue weighted by Gasteiger charge is 2.30. The van der Waals surface area contributed by atoms with Crippen molar-refractivity contribution in [2.24, 2.45) is 5.92 Å². The summed E-state index contributed by atoms with van der Waals surface area (Å²) in [7, 11) is -3.75. The van der Waals surface area contributed by atoms with Gasteiger partial charge in [-0.1, -0.05) is 59.6 Å². The van der Waals surface area contributed by atoms with Crippen LogP contribution < -0.4 is 9.62 Å². The lowest BCUT2D eigenvalue weighted by Gasteiger charge is -2.32. The maximum Gasteiger partial charge on any atom is 0.244 e. The zero-order valence-electron chi connectivity index (χ0n) is 20.6. The molecular weight excluding hydrogens is 518 g/mol. The SMILES string of the molecule is Cc1ccc(N(CC(=O)N(Cc2cccc(Br)c2)C(C)C(=O)NCC(C)C)S(C)(=O)=O)c(C)c1. The molecule has 0 aromatic heterocycles. The predicted molar refractivity (Wildman–Crippen MR) is 140 cm³/mol. The molecule has 0 saturated carbocycles. The molecule has 2 aromatic rings. The second-order valence-corrected chi connectivity index (χ2v) is 11.8. The van der Waals surface area contributed by atoms with Crippen molar-refractivity contribution in [2.45, 2.75) is 47.2 Å². The Balaban J connectivity index is 2.40. The van der Waals surface area contributed by atoms with E-state index in [9.17, 15) is 18.0 Å². The van der Waals surface area contributed by atoms with Crippen molar-refractivity contribution >= 4 is 43.5 Å². The van der Waals surface area contributed by atoms with Crippen LogP contribution in [0.25, 0.3) is 0 Å². The summed E-state index contributed by atoms with van der Waals surface area (Å²) in [5, 5.41) is 2.87. The molecule has 0 heterocycles. The number of benzene rings is 2. The molecule has 9 heteroatoms. The molecule has 0 spiro atoms. The minimum Gasteiger partial charge on any atom is -0.354 e. The molecule has 0 aliphatic carbocycles. The van der Waals surface area contributed by atoms with Crippen LogP contribution in [0.5, 0.6) is 0 Å². The number of rotatable bonds is 10. The lowest BCUT2D eigenvalue weighted by atomic mass is 10.1. The summed E-state index contributed by atoms with van der Waals surface area (Å²) in [6, 6.07) is 12.1. The highest BCUT2D eigenvalue weighted by Crippen LogP contribution is 2.24. The highest BCUT2D eigenvalue weighted by molar-refractivity contribution is 9.10. The maximum atomic E-state index is 13.6. The number of nitrogens with one attached hydrogen (secondary N) is 1. The van der Waals surface area contributed by atoms with Gasteiger partial charge in [-0.3, -0.25) is 13.9 Å². The Morgan fingerprint density at radius 1 is 1.06 bits per heavy atom. The van der Waals surface area contributed by atoms with E-state index in [1.165, 1.54) is 4.90 Å². The van der Waals surface area contributed by atoms with Crippen LogP contribution in [-0.4, -0.2) is 50.5 Å². The average Bonchev–Trinajstić information content (AvgIpc) is 2.73. The molecule has 2 rings (SSSR count). The van der Waals surface area contributed by atoms with Gasteiger partial charge in [0.25, 0.3) is 0 Å². The Labute approximate surface area is 211 Å². The third-order valence-electron chi connectivity index (χ3n) is 5.39. The maximum absolute atomic E-state index is 13.6. The lowest BCUT2D eigenvalue weighted by Crippen LogP contribution is -2.51. The molecule has 7 nitrogen and oxygen atoms in total. The van der Waals surface area contributed by atoms with Gasteiger partial charge in [0.05, 0.1) is 11.9 Å². The summed E-state index contributed by atoms with van der Waals surface area (Å²) in [4.78, 5) is 27.8. The first-order valence-electron chi connectivity index (χ1n) is 11.2. The van der Waals surface area contributed by atoms with Gasteiger partial charge < -0.3 is 10.2 Å². The number of amides is 2. The Kier molecular flexibility index (Phi) is 9.70. The van der Waals surface area contributed by atoms with E-state index >= 15 is 0 Å². The van der Waals surface area contributed by atoms with Crippen molar-refractivity contribution in [1.29, 1.82) is 0 Å². The minimum atomic E-state index is -3.75. The number of sulfonamides is 1. The molecule has 0 fully saturated rings. The minimum absolute atomic E-state index is 0.166. The zero-order valence-corrected chi connectivity index (χ0v) is 23.0. The predicted octanol–water partition coefficient (Wildman–Crippen LogP) is 4.02. The van der Waals surface area contributed by atoms with Crippen LogP contribution in [0.15, 0.2) is 46.9 Å². The highest BCUT2D eigenvalue weighted by atomic mass is 79.9. The van der Waals surface area contributed by atoms with Crippen molar-refractivity contribution in [3.05, 3.63) is 63.6 Å². The van der Waals surface area contributed by atoms with Crippen LogP contribution in [0, 0.1) is 19.8 Å². The van der Waals surface area contributed by atoms with Crippen molar-refractivity contribution in [3.63, 3.8) is 0 Å². The van der Waals surface area contributed by atoms with Crippen LogP contribution >= 0.6 is 15.9 Å². The molecule has 34 heavy (non-hydrogen) atoms. The first kappa shape index (κ1) is 27.9. The summed E-state index contributed by atoms with van der Waals surface area (Å²) >= 11 is 3.44. The van der Waals surface area contributed by atoms with Crippen LogP contribution in [0.4, 0.5) is 5.69 Å². The number of carbonyl (C=O) groups excluding carboxylic acids is 2. The van der Waals surface area contributed by atoms with Gasteiger partial charge in [0.2, 0.25) is 21.8 Å². The number of hydrogen-bond donors (Lipinski definition) is 1. The van der Waals surface area contributed by atoms with E-state index in [0.29, 0.717) is 12.2 Å². The molecule has 1 atom stereocenters. The van der Waals surface area contributed by atoms with Gasteiger partial charge in [0.15, 0.2) is 0 Å². The molecule has 2 amide bonds. The van der Waals surface area contributed by atoms with Crippen LogP contribution in [-0.2, 0) is 26.2 Å². The number of nitrogens with zero attached hydrogens (tertiary/aromatic N) is 2. The Bertz CT molecular complexity index is 1130. The number of anilines is 1. The fourth-order valence-corrected chi connectivity index (χ4v) is 4.90. The lowest BCUT2D eigenvalue weighted by molar-refractivity contribution is -0.139. The van der Waals surface area contributed by atoms with Crippen molar-refractivity contribution in [1.82, 2.24) is 10.2 Å². The first-order chi connectivity index (χ1) is 15.8. The molecule has 0 bridgehead atoms. The second kappa shape index (κ2) is 11.8. The zero-order chi connectivity index (χ0) is 25.6. The van der Waals surface area contributed by atoms with E-state index in [4.69, 9.17) is 0 Å². The van der Waals surface area contributed by atoms with E-state index in [0.717, 1.165) is 31.7 Å². The van der Waals surface area contributed by atoms with E-state index < -0.39 is 28.5 Å². The summed E-state index contributed by atoms with van der Waals surface area (Å²) in [5.41, 5.74) is 3.01. The first-order valence-corrected chi connectivity index (χ1v) is 13.8. The summed E-state index contributed by atoms with van der Waals surface area (Å²) < 4.78 is 27.3. The van der Waals surface area contributed by atoms with Gasteiger partial charge >= 0.3 is 0 Å². The molecule has 1 unspecified atom stereocenters. The monoisotopic (exact) mass is 551 g/mol. The normalized spacial score (nSPS) is 12.4. The number of halogens is 1. The number of hydrogen-bond acceptors (Lipinski definition) is 4. The molecule has 186 valence electrons. The Hall–Kier alpha value is -2.39. The quantitative estimate of drug-likeness (QED) is 0.483. The molecule has 2 aromatic carbocycles. The fourth-order valence-electron chi connectivity index (χ4n) is 3.55. The van der Waals surface area contributed by atoms with Gasteiger partial charge in [0.1, 0.15) is 12.6 Å². The van der Waals surface area contributed by atoms with Gasteiger partial charge in [-0.25, -0.2) is 8.42 Å². The number of aryl methyl sites for hydroxylation is 2. The topological polar surface area (TPSA) is 86.8 Å². The van der Waals surface area contributed by atoms with E-state index in [2.05, 4.69) is 21.2 Å². The van der Waals surface area contributed by atoms with Gasteiger partial charge in [-0.15, -0.1) is 0 Å². The average molecular weight is 553 g/mol. The number of carbonyl (C=O) groups is 2. The molecule has 0 radical (unpaired) electrons. The van der Waals surface area contributed by atoms with Gasteiger partial charge in [0, 0.05) is 17.6 Å². The van der Waals surface area contributed by atoms with Crippen LogP contribution in [0.1, 0.15) is 37.5 Å². The molecule has 0 aliphatic heterocycles.